The van der Waals surface area contributed by atoms with Gasteiger partial charge in [-0.2, -0.15) is 5.10 Å². The van der Waals surface area contributed by atoms with Crippen molar-refractivity contribution in [2.24, 2.45) is 5.73 Å². The third kappa shape index (κ3) is 3.46. The van der Waals surface area contributed by atoms with Gasteiger partial charge < -0.3 is 10.5 Å². The van der Waals surface area contributed by atoms with Gasteiger partial charge in [0.1, 0.15) is 6.61 Å². The van der Waals surface area contributed by atoms with Crippen LogP contribution in [0.2, 0.25) is 0 Å². The molecule has 0 unspecified atom stereocenters. The number of hydrogen-bond donors (Lipinski definition) is 1. The summed E-state index contributed by atoms with van der Waals surface area (Å²) in [5.41, 5.74) is 9.17. The molecule has 0 spiro atoms. The van der Waals surface area contributed by atoms with Crippen molar-refractivity contribution in [3.8, 4) is 5.88 Å². The maximum atomic E-state index is 5.89. The average Bonchev–Trinajstić information content (AvgIpc) is 2.99. The normalized spacial score (nSPS) is 15.8. The predicted octanol–water partition coefficient (Wildman–Crippen LogP) is 1.53. The van der Waals surface area contributed by atoms with Crippen LogP contribution in [-0.2, 0) is 19.4 Å². The zero-order valence-electron chi connectivity index (χ0n) is 12.7. The molecule has 1 fully saturated rings. The summed E-state index contributed by atoms with van der Waals surface area (Å²) in [4.78, 5) is 2.43. The Morgan fingerprint density at radius 1 is 1.10 bits per heavy atom. The van der Waals surface area contributed by atoms with Crippen LogP contribution in [0.5, 0.6) is 5.88 Å². The van der Waals surface area contributed by atoms with E-state index in [2.05, 4.69) is 28.9 Å². The van der Waals surface area contributed by atoms with E-state index in [-0.39, 0.29) is 0 Å². The van der Waals surface area contributed by atoms with Crippen molar-refractivity contribution in [1.29, 1.82) is 0 Å². The Kier molecular flexibility index (Phi) is 5.73. The van der Waals surface area contributed by atoms with E-state index in [4.69, 9.17) is 10.5 Å². The second-order valence-corrected chi connectivity index (χ2v) is 5.22. The van der Waals surface area contributed by atoms with Crippen LogP contribution in [0.25, 0.3) is 0 Å². The van der Waals surface area contributed by atoms with Gasteiger partial charge in [-0.25, -0.2) is 0 Å². The van der Waals surface area contributed by atoms with Gasteiger partial charge in [0.2, 0.25) is 5.88 Å². The number of likely N-dealkylation sites (tertiary alicyclic amines) is 1. The summed E-state index contributed by atoms with van der Waals surface area (Å²) < 4.78 is 5.84. The highest BCUT2D eigenvalue weighted by molar-refractivity contribution is 5.36. The lowest BCUT2D eigenvalue weighted by molar-refractivity contribution is 0.228. The van der Waals surface area contributed by atoms with E-state index in [0.29, 0.717) is 19.0 Å². The van der Waals surface area contributed by atoms with E-state index in [1.54, 1.807) is 0 Å². The molecule has 0 atom stereocenters. The standard InChI is InChI=1S/C15H26N4O/c1-3-12-13(11-16)15(18-17-14(12)4-2)20-10-9-19-7-5-6-8-19/h3-11,16H2,1-2H3. The molecule has 1 aliphatic rings. The highest BCUT2D eigenvalue weighted by Crippen LogP contribution is 2.22. The molecule has 5 heteroatoms. The lowest BCUT2D eigenvalue weighted by atomic mass is 10.0. The van der Waals surface area contributed by atoms with Crippen LogP contribution >= 0.6 is 0 Å². The topological polar surface area (TPSA) is 64.3 Å². The minimum Gasteiger partial charge on any atom is -0.475 e. The van der Waals surface area contributed by atoms with Gasteiger partial charge in [0.25, 0.3) is 0 Å². The molecule has 0 radical (unpaired) electrons. The number of aromatic nitrogens is 2. The van der Waals surface area contributed by atoms with E-state index in [0.717, 1.165) is 30.6 Å². The van der Waals surface area contributed by atoms with Gasteiger partial charge >= 0.3 is 0 Å². The third-order valence-electron chi connectivity index (χ3n) is 3.97. The minimum atomic E-state index is 0.463. The molecule has 0 aromatic carbocycles. The summed E-state index contributed by atoms with van der Waals surface area (Å²) in [5.74, 6) is 0.626. The highest BCUT2D eigenvalue weighted by Gasteiger charge is 2.15. The molecular formula is C15H26N4O. The van der Waals surface area contributed by atoms with Crippen molar-refractivity contribution in [3.63, 3.8) is 0 Å². The lowest BCUT2D eigenvalue weighted by Crippen LogP contribution is -2.25. The van der Waals surface area contributed by atoms with Crippen LogP contribution in [0.4, 0.5) is 0 Å². The van der Waals surface area contributed by atoms with Crippen LogP contribution in [0.3, 0.4) is 0 Å². The van der Waals surface area contributed by atoms with Crippen LogP contribution in [0.15, 0.2) is 0 Å². The van der Waals surface area contributed by atoms with Gasteiger partial charge in [-0.3, -0.25) is 4.90 Å². The molecule has 2 N–H and O–H groups in total. The van der Waals surface area contributed by atoms with Crippen molar-refractivity contribution in [2.75, 3.05) is 26.2 Å². The van der Waals surface area contributed by atoms with Gasteiger partial charge in [0.15, 0.2) is 0 Å². The second kappa shape index (κ2) is 7.55. The van der Waals surface area contributed by atoms with Gasteiger partial charge in [0, 0.05) is 18.7 Å². The summed E-state index contributed by atoms with van der Waals surface area (Å²) in [7, 11) is 0. The van der Waals surface area contributed by atoms with Gasteiger partial charge in [-0.05, 0) is 44.3 Å². The maximum absolute atomic E-state index is 5.89. The predicted molar refractivity (Wildman–Crippen MR) is 79.8 cm³/mol. The van der Waals surface area contributed by atoms with Crippen LogP contribution < -0.4 is 10.5 Å². The number of nitrogens with two attached hydrogens (primary N) is 1. The molecule has 1 aliphatic heterocycles. The third-order valence-corrected chi connectivity index (χ3v) is 3.97. The van der Waals surface area contributed by atoms with Crippen molar-refractivity contribution < 1.29 is 4.74 Å². The average molecular weight is 278 g/mol. The van der Waals surface area contributed by atoms with Crippen molar-refractivity contribution in [2.45, 2.75) is 46.1 Å². The molecule has 2 rings (SSSR count). The molecule has 1 saturated heterocycles. The Labute approximate surface area is 121 Å². The van der Waals surface area contributed by atoms with E-state index in [1.807, 2.05) is 0 Å². The van der Waals surface area contributed by atoms with E-state index in [1.165, 1.54) is 31.5 Å². The SMILES string of the molecule is CCc1nnc(OCCN2CCCC2)c(CN)c1CC. The number of aryl methyl sites for hydroxylation is 1. The summed E-state index contributed by atoms with van der Waals surface area (Å²) in [6.07, 6.45) is 4.42. The van der Waals surface area contributed by atoms with E-state index < -0.39 is 0 Å². The van der Waals surface area contributed by atoms with E-state index in [9.17, 15) is 0 Å². The number of ether oxygens (including phenoxy) is 1. The quantitative estimate of drug-likeness (QED) is 0.819. The van der Waals surface area contributed by atoms with Gasteiger partial charge in [0.05, 0.1) is 5.69 Å². The van der Waals surface area contributed by atoms with Crippen molar-refractivity contribution in [3.05, 3.63) is 16.8 Å². The van der Waals surface area contributed by atoms with Crippen molar-refractivity contribution in [1.82, 2.24) is 15.1 Å². The summed E-state index contributed by atoms with van der Waals surface area (Å²) >= 11 is 0. The number of nitrogens with zero attached hydrogens (tertiary/aromatic N) is 3. The van der Waals surface area contributed by atoms with Gasteiger partial charge in [-0.1, -0.05) is 13.8 Å². The molecule has 2 heterocycles. The van der Waals surface area contributed by atoms with Crippen LogP contribution in [0.1, 0.15) is 43.5 Å². The Morgan fingerprint density at radius 3 is 2.45 bits per heavy atom. The molecule has 0 aliphatic carbocycles. The molecule has 1 aromatic heterocycles. The smallest absolute Gasteiger partial charge is 0.238 e. The molecule has 0 bridgehead atoms. The van der Waals surface area contributed by atoms with Crippen molar-refractivity contribution >= 4 is 0 Å². The van der Waals surface area contributed by atoms with Crippen LogP contribution in [-0.4, -0.2) is 41.3 Å². The van der Waals surface area contributed by atoms with E-state index >= 15 is 0 Å². The van der Waals surface area contributed by atoms with Gasteiger partial charge in [-0.15, -0.1) is 5.10 Å². The first kappa shape index (κ1) is 15.2. The molecule has 112 valence electrons. The van der Waals surface area contributed by atoms with Crippen LogP contribution in [0, 0.1) is 0 Å². The summed E-state index contributed by atoms with van der Waals surface area (Å²) in [5, 5.41) is 8.51. The first-order chi connectivity index (χ1) is 9.80. The summed E-state index contributed by atoms with van der Waals surface area (Å²) in [6, 6.07) is 0. The largest absolute Gasteiger partial charge is 0.475 e. The fourth-order valence-electron chi connectivity index (χ4n) is 2.84. The monoisotopic (exact) mass is 278 g/mol. The molecule has 20 heavy (non-hydrogen) atoms. The Hall–Kier alpha value is -1.20. The molecule has 0 amide bonds. The number of hydrogen-bond acceptors (Lipinski definition) is 5. The Bertz CT molecular complexity index is 430. The first-order valence-corrected chi connectivity index (χ1v) is 7.72. The summed E-state index contributed by atoms with van der Waals surface area (Å²) in [6.45, 7) is 8.69. The zero-order valence-corrected chi connectivity index (χ0v) is 12.7. The second-order valence-electron chi connectivity index (χ2n) is 5.22. The number of rotatable bonds is 7. The fraction of sp³-hybridized carbons (Fsp3) is 0.733. The highest BCUT2D eigenvalue weighted by atomic mass is 16.5. The zero-order chi connectivity index (χ0) is 14.4. The lowest BCUT2D eigenvalue weighted by Gasteiger charge is -2.17. The molecule has 5 nitrogen and oxygen atoms in total. The molecular weight excluding hydrogens is 252 g/mol. The Balaban J connectivity index is 2.02. The minimum absolute atomic E-state index is 0.463. The maximum Gasteiger partial charge on any atom is 0.238 e. The first-order valence-electron chi connectivity index (χ1n) is 7.72. The molecule has 0 saturated carbocycles. The fourth-order valence-corrected chi connectivity index (χ4v) is 2.84. The Morgan fingerprint density at radius 2 is 1.85 bits per heavy atom. The molecule has 1 aromatic rings.